The Morgan fingerprint density at radius 2 is 2.17 bits per heavy atom. The van der Waals surface area contributed by atoms with Crippen molar-refractivity contribution in [2.45, 2.75) is 12.5 Å². The molecule has 1 fully saturated rings. The van der Waals surface area contributed by atoms with Crippen LogP contribution in [0, 0.1) is 11.7 Å². The third kappa shape index (κ3) is 4.56. The van der Waals surface area contributed by atoms with Crippen LogP contribution in [0.15, 0.2) is 42.9 Å². The van der Waals surface area contributed by atoms with E-state index in [1.54, 1.807) is 6.33 Å². The van der Waals surface area contributed by atoms with Gasteiger partial charge in [0.15, 0.2) is 0 Å². The van der Waals surface area contributed by atoms with Gasteiger partial charge >= 0.3 is 0 Å². The SMILES string of the molecule is Cn1cnc(-c2ccc(C3CC(C(=O)Nc4ccc(F)c(Cl)c4)CS(=O)(=O)N3)s2)c1. The van der Waals surface area contributed by atoms with E-state index in [2.05, 4.69) is 15.0 Å². The van der Waals surface area contributed by atoms with Crippen LogP contribution >= 0.6 is 22.9 Å². The average Bonchev–Trinajstić information content (AvgIpc) is 3.32. The van der Waals surface area contributed by atoms with E-state index in [0.29, 0.717) is 12.1 Å². The van der Waals surface area contributed by atoms with Crippen LogP contribution in [0.1, 0.15) is 17.3 Å². The van der Waals surface area contributed by atoms with Gasteiger partial charge in [-0.25, -0.2) is 22.5 Å². The lowest BCUT2D eigenvalue weighted by molar-refractivity contribution is -0.119. The molecule has 0 saturated carbocycles. The molecular weight excluding hydrogens is 451 g/mol. The Morgan fingerprint density at radius 3 is 2.87 bits per heavy atom. The second-order valence-corrected chi connectivity index (χ2v) is 10.5. The van der Waals surface area contributed by atoms with E-state index >= 15 is 0 Å². The molecule has 2 aromatic heterocycles. The highest BCUT2D eigenvalue weighted by atomic mass is 35.5. The van der Waals surface area contributed by atoms with Gasteiger partial charge in [0, 0.05) is 23.8 Å². The van der Waals surface area contributed by atoms with E-state index in [1.165, 1.54) is 23.5 Å². The number of amides is 1. The van der Waals surface area contributed by atoms with Crippen molar-refractivity contribution in [3.05, 3.63) is 58.6 Å². The monoisotopic (exact) mass is 468 g/mol. The number of carbonyl (C=O) groups excluding carboxylic acids is 1. The van der Waals surface area contributed by atoms with Gasteiger partial charge < -0.3 is 9.88 Å². The first-order valence-electron chi connectivity index (χ1n) is 9.04. The molecule has 1 amide bonds. The molecule has 2 N–H and O–H groups in total. The first-order valence-corrected chi connectivity index (χ1v) is 11.9. The van der Waals surface area contributed by atoms with Gasteiger partial charge in [0.1, 0.15) is 5.82 Å². The number of nitrogens with zero attached hydrogens (tertiary/aromatic N) is 2. The number of sulfonamides is 1. The smallest absolute Gasteiger partial charge is 0.228 e. The van der Waals surface area contributed by atoms with E-state index in [1.807, 2.05) is 29.9 Å². The molecule has 0 bridgehead atoms. The Hall–Kier alpha value is -2.27. The number of halogens is 2. The maximum Gasteiger partial charge on any atom is 0.228 e. The Kier molecular flexibility index (Phi) is 5.67. The summed E-state index contributed by atoms with van der Waals surface area (Å²) in [5, 5.41) is 2.51. The highest BCUT2D eigenvalue weighted by Gasteiger charge is 2.36. The van der Waals surface area contributed by atoms with Gasteiger partial charge in [-0.05, 0) is 36.8 Å². The minimum absolute atomic E-state index is 0.121. The second-order valence-electron chi connectivity index (χ2n) is 7.13. The van der Waals surface area contributed by atoms with Crippen molar-refractivity contribution >= 4 is 44.6 Å². The molecule has 0 spiro atoms. The Balaban J connectivity index is 1.52. The lowest BCUT2D eigenvalue weighted by Gasteiger charge is -2.28. The Bertz CT molecular complexity index is 1210. The standard InChI is InChI=1S/C19H18ClFN4O3S2/c1-25-8-16(22-10-25)18-5-4-17(29-18)15-6-11(9-30(27,28)24-15)19(26)23-12-2-3-14(21)13(20)7-12/h2-5,7-8,10-11,15,24H,6,9H2,1H3,(H,23,26). The predicted octanol–water partition coefficient (Wildman–Crippen LogP) is 3.56. The highest BCUT2D eigenvalue weighted by molar-refractivity contribution is 7.89. The average molecular weight is 469 g/mol. The molecule has 2 atom stereocenters. The molecule has 1 aliphatic heterocycles. The molecule has 30 heavy (non-hydrogen) atoms. The predicted molar refractivity (Wildman–Crippen MR) is 114 cm³/mol. The number of rotatable bonds is 4. The number of imidazole rings is 1. The number of benzene rings is 1. The number of carbonyl (C=O) groups is 1. The molecule has 1 aromatic carbocycles. The van der Waals surface area contributed by atoms with E-state index in [-0.39, 0.29) is 10.8 Å². The van der Waals surface area contributed by atoms with Crippen molar-refractivity contribution < 1.29 is 17.6 Å². The third-order valence-corrected chi connectivity index (χ3v) is 7.74. The van der Waals surface area contributed by atoms with Crippen LogP contribution in [-0.2, 0) is 21.9 Å². The van der Waals surface area contributed by atoms with Crippen molar-refractivity contribution in [3.8, 4) is 10.6 Å². The van der Waals surface area contributed by atoms with Crippen LogP contribution < -0.4 is 10.0 Å². The number of hydrogen-bond donors (Lipinski definition) is 2. The maximum atomic E-state index is 13.3. The summed E-state index contributed by atoms with van der Waals surface area (Å²) in [7, 11) is -1.77. The molecule has 0 aliphatic carbocycles. The molecule has 4 rings (SSSR count). The van der Waals surface area contributed by atoms with E-state index in [0.717, 1.165) is 21.5 Å². The molecule has 0 radical (unpaired) electrons. The lowest BCUT2D eigenvalue weighted by atomic mass is 9.99. The topological polar surface area (TPSA) is 93.1 Å². The summed E-state index contributed by atoms with van der Waals surface area (Å²) >= 11 is 7.18. The van der Waals surface area contributed by atoms with Crippen LogP contribution in [0.5, 0.6) is 0 Å². The Labute approximate surface area is 181 Å². The van der Waals surface area contributed by atoms with Crippen LogP contribution in [-0.4, -0.2) is 29.6 Å². The summed E-state index contributed by atoms with van der Waals surface area (Å²) < 4.78 is 42.6. The van der Waals surface area contributed by atoms with Gasteiger partial charge in [0.25, 0.3) is 0 Å². The summed E-state index contributed by atoms with van der Waals surface area (Å²) in [5.74, 6) is -2.12. The van der Waals surface area contributed by atoms with Gasteiger partial charge in [-0.2, -0.15) is 0 Å². The van der Waals surface area contributed by atoms with Gasteiger partial charge in [-0.15, -0.1) is 11.3 Å². The highest BCUT2D eigenvalue weighted by Crippen LogP contribution is 2.36. The van der Waals surface area contributed by atoms with E-state index in [4.69, 9.17) is 11.6 Å². The summed E-state index contributed by atoms with van der Waals surface area (Å²) in [6.07, 6.45) is 3.88. The minimum Gasteiger partial charge on any atom is -0.340 e. The molecule has 3 heterocycles. The normalized spacial score (nSPS) is 20.8. The number of aryl methyl sites for hydroxylation is 1. The molecule has 1 aliphatic rings. The van der Waals surface area contributed by atoms with E-state index < -0.39 is 33.7 Å². The van der Waals surface area contributed by atoms with Crippen molar-refractivity contribution in [2.24, 2.45) is 13.0 Å². The second kappa shape index (κ2) is 8.10. The fourth-order valence-corrected chi connectivity index (χ4v) is 6.18. The first kappa shape index (κ1) is 21.0. The van der Waals surface area contributed by atoms with Crippen LogP contribution in [0.3, 0.4) is 0 Å². The van der Waals surface area contributed by atoms with Crippen LogP contribution in [0.25, 0.3) is 10.6 Å². The zero-order valence-corrected chi connectivity index (χ0v) is 18.2. The molecule has 3 aromatic rings. The van der Waals surface area contributed by atoms with Gasteiger partial charge in [0.05, 0.1) is 39.6 Å². The fraction of sp³-hybridized carbons (Fsp3) is 0.263. The van der Waals surface area contributed by atoms with Gasteiger partial charge in [0.2, 0.25) is 15.9 Å². The molecule has 11 heteroatoms. The summed E-state index contributed by atoms with van der Waals surface area (Å²) in [4.78, 5) is 18.7. The number of thiophene rings is 1. The molecule has 7 nitrogen and oxygen atoms in total. The molecule has 158 valence electrons. The van der Waals surface area contributed by atoms with E-state index in [9.17, 15) is 17.6 Å². The zero-order chi connectivity index (χ0) is 21.5. The lowest BCUT2D eigenvalue weighted by Crippen LogP contribution is -2.44. The van der Waals surface area contributed by atoms with Crippen molar-refractivity contribution in [3.63, 3.8) is 0 Å². The molecule has 1 saturated heterocycles. The first-order chi connectivity index (χ1) is 14.2. The van der Waals surface area contributed by atoms with Gasteiger partial charge in [-0.3, -0.25) is 4.79 Å². The van der Waals surface area contributed by atoms with Crippen molar-refractivity contribution in [1.29, 1.82) is 0 Å². The summed E-state index contributed by atoms with van der Waals surface area (Å²) in [6, 6.07) is 7.04. The maximum absolute atomic E-state index is 13.3. The minimum atomic E-state index is -3.64. The molecule has 2 unspecified atom stereocenters. The summed E-state index contributed by atoms with van der Waals surface area (Å²) in [5.41, 5.74) is 1.11. The van der Waals surface area contributed by atoms with Crippen LogP contribution in [0.4, 0.5) is 10.1 Å². The number of nitrogens with one attached hydrogen (secondary N) is 2. The van der Waals surface area contributed by atoms with Crippen molar-refractivity contribution in [1.82, 2.24) is 14.3 Å². The van der Waals surface area contributed by atoms with Crippen LogP contribution in [0.2, 0.25) is 5.02 Å². The number of anilines is 1. The zero-order valence-electron chi connectivity index (χ0n) is 15.8. The third-order valence-electron chi connectivity index (χ3n) is 4.75. The quantitative estimate of drug-likeness (QED) is 0.612. The number of hydrogen-bond acceptors (Lipinski definition) is 5. The fourth-order valence-electron chi connectivity index (χ4n) is 3.32. The molecular formula is C19H18ClFN4O3S2. The largest absolute Gasteiger partial charge is 0.340 e. The number of aromatic nitrogens is 2. The Morgan fingerprint density at radius 1 is 1.37 bits per heavy atom. The van der Waals surface area contributed by atoms with Crippen molar-refractivity contribution in [2.75, 3.05) is 11.1 Å². The van der Waals surface area contributed by atoms with Gasteiger partial charge in [-0.1, -0.05) is 11.6 Å². The summed E-state index contributed by atoms with van der Waals surface area (Å²) in [6.45, 7) is 0.